The quantitative estimate of drug-likeness (QED) is 0.743. The summed E-state index contributed by atoms with van der Waals surface area (Å²) in [7, 11) is -3.61. The van der Waals surface area contributed by atoms with Crippen LogP contribution in [0.4, 0.5) is 0 Å². The smallest absolute Gasteiger partial charge is 0.243 e. The van der Waals surface area contributed by atoms with Gasteiger partial charge in [0.2, 0.25) is 15.9 Å². The molecule has 0 aliphatic carbocycles. The number of carbonyl (C=O) groups is 1. The average molecular weight is 427 g/mol. The van der Waals surface area contributed by atoms with E-state index in [9.17, 15) is 13.2 Å². The van der Waals surface area contributed by atoms with E-state index in [-0.39, 0.29) is 35.2 Å². The van der Waals surface area contributed by atoms with Crippen LogP contribution in [0, 0.1) is 24.2 Å². The molecule has 3 rings (SSSR count). The Labute approximate surface area is 172 Å². The molecule has 2 unspecified atom stereocenters. The maximum atomic E-state index is 13.0. The zero-order valence-corrected chi connectivity index (χ0v) is 17.6. The minimum atomic E-state index is -3.61. The first kappa shape index (κ1) is 22.6. The molecule has 2 fully saturated rings. The summed E-state index contributed by atoms with van der Waals surface area (Å²) in [6.07, 6.45) is 3.54. The van der Waals surface area contributed by atoms with Crippen molar-refractivity contribution in [3.05, 3.63) is 29.3 Å². The van der Waals surface area contributed by atoms with Crippen molar-refractivity contribution in [1.29, 1.82) is 5.26 Å². The first-order valence-corrected chi connectivity index (χ1v) is 10.9. The van der Waals surface area contributed by atoms with Crippen molar-refractivity contribution in [2.75, 3.05) is 26.2 Å². The van der Waals surface area contributed by atoms with E-state index in [1.54, 1.807) is 13.0 Å². The Morgan fingerprint density at radius 2 is 2.14 bits per heavy atom. The summed E-state index contributed by atoms with van der Waals surface area (Å²) >= 11 is 0. The molecule has 28 heavy (non-hydrogen) atoms. The van der Waals surface area contributed by atoms with Crippen LogP contribution in [0.1, 0.15) is 36.8 Å². The number of sulfonamides is 1. The number of nitriles is 1. The lowest BCUT2D eigenvalue weighted by atomic mass is 9.99. The third kappa shape index (κ3) is 5.03. The molecular formula is C19H27ClN4O3S. The largest absolute Gasteiger partial charge is 0.354 e. The standard InChI is InChI=1S/C19H26N4O3S.ClH/c1-14-10-15(11-20)6-7-18(14)27(25,26)23-9-3-4-16(13-23)12-22-19(24)17-5-2-8-21-17;/h6-7,10,16-17,21H,2-5,8-9,12-13H2,1H3,(H,22,24);1H. The van der Waals surface area contributed by atoms with Crippen molar-refractivity contribution in [2.45, 2.75) is 43.5 Å². The van der Waals surface area contributed by atoms with E-state index >= 15 is 0 Å². The van der Waals surface area contributed by atoms with Crippen molar-refractivity contribution in [3.63, 3.8) is 0 Å². The number of nitrogens with zero attached hydrogens (tertiary/aromatic N) is 2. The van der Waals surface area contributed by atoms with Crippen LogP contribution in [-0.2, 0) is 14.8 Å². The van der Waals surface area contributed by atoms with Crippen LogP contribution < -0.4 is 10.6 Å². The zero-order valence-electron chi connectivity index (χ0n) is 16.0. The molecule has 0 spiro atoms. The fourth-order valence-corrected chi connectivity index (χ4v) is 5.60. The van der Waals surface area contributed by atoms with E-state index in [0.717, 1.165) is 32.2 Å². The molecule has 2 heterocycles. The number of aryl methyl sites for hydroxylation is 1. The van der Waals surface area contributed by atoms with Gasteiger partial charge in [0.15, 0.2) is 0 Å². The summed E-state index contributed by atoms with van der Waals surface area (Å²) < 4.78 is 27.6. The van der Waals surface area contributed by atoms with Gasteiger partial charge in [-0.3, -0.25) is 4.79 Å². The minimum absolute atomic E-state index is 0. The van der Waals surface area contributed by atoms with Crippen LogP contribution in [-0.4, -0.2) is 50.9 Å². The molecule has 0 aromatic heterocycles. The highest BCUT2D eigenvalue weighted by molar-refractivity contribution is 7.89. The second kappa shape index (κ2) is 9.70. The second-order valence-corrected chi connectivity index (χ2v) is 9.26. The second-order valence-electron chi connectivity index (χ2n) is 7.36. The summed E-state index contributed by atoms with van der Waals surface area (Å²) in [6.45, 7) is 3.97. The van der Waals surface area contributed by atoms with E-state index in [1.165, 1.54) is 16.4 Å². The van der Waals surface area contributed by atoms with Gasteiger partial charge in [-0.05, 0) is 68.8 Å². The third-order valence-electron chi connectivity index (χ3n) is 5.35. The van der Waals surface area contributed by atoms with Gasteiger partial charge in [0.25, 0.3) is 0 Å². The summed E-state index contributed by atoms with van der Waals surface area (Å²) in [5.41, 5.74) is 1.03. The van der Waals surface area contributed by atoms with Gasteiger partial charge in [-0.15, -0.1) is 12.4 Å². The van der Waals surface area contributed by atoms with Gasteiger partial charge in [0.05, 0.1) is 22.6 Å². The van der Waals surface area contributed by atoms with Gasteiger partial charge in [0, 0.05) is 19.6 Å². The fraction of sp³-hybridized carbons (Fsp3) is 0.579. The van der Waals surface area contributed by atoms with Crippen molar-refractivity contribution in [2.24, 2.45) is 5.92 Å². The molecule has 7 nitrogen and oxygen atoms in total. The van der Waals surface area contributed by atoms with Gasteiger partial charge in [-0.25, -0.2) is 8.42 Å². The Bertz CT molecular complexity index is 847. The van der Waals surface area contributed by atoms with Crippen molar-refractivity contribution < 1.29 is 13.2 Å². The average Bonchev–Trinajstić information content (AvgIpc) is 3.21. The maximum Gasteiger partial charge on any atom is 0.243 e. The lowest BCUT2D eigenvalue weighted by molar-refractivity contribution is -0.123. The molecule has 154 valence electrons. The Kier molecular flexibility index (Phi) is 7.84. The normalized spacial score (nSPS) is 22.9. The Balaban J connectivity index is 0.00000280. The zero-order chi connectivity index (χ0) is 19.4. The lowest BCUT2D eigenvalue weighted by Crippen LogP contribution is -2.46. The molecule has 1 aromatic rings. The SMILES string of the molecule is Cc1cc(C#N)ccc1S(=O)(=O)N1CCCC(CNC(=O)C2CCCN2)C1.Cl. The summed E-state index contributed by atoms with van der Waals surface area (Å²) in [6, 6.07) is 6.57. The molecule has 2 aliphatic rings. The summed E-state index contributed by atoms with van der Waals surface area (Å²) in [5, 5.41) is 15.1. The Morgan fingerprint density at radius 3 is 2.79 bits per heavy atom. The van der Waals surface area contributed by atoms with Crippen LogP contribution in [0.5, 0.6) is 0 Å². The number of rotatable bonds is 5. The first-order chi connectivity index (χ1) is 12.9. The number of amides is 1. The molecule has 2 aliphatic heterocycles. The van der Waals surface area contributed by atoms with Crippen LogP contribution in [0.25, 0.3) is 0 Å². The van der Waals surface area contributed by atoms with E-state index in [2.05, 4.69) is 10.6 Å². The minimum Gasteiger partial charge on any atom is -0.354 e. The predicted octanol–water partition coefficient (Wildman–Crippen LogP) is 1.56. The predicted molar refractivity (Wildman–Crippen MR) is 109 cm³/mol. The fourth-order valence-electron chi connectivity index (χ4n) is 3.84. The van der Waals surface area contributed by atoms with E-state index in [4.69, 9.17) is 5.26 Å². The first-order valence-electron chi connectivity index (χ1n) is 9.44. The highest BCUT2D eigenvalue weighted by Gasteiger charge is 2.32. The number of halogens is 1. The molecular weight excluding hydrogens is 400 g/mol. The molecule has 0 bridgehead atoms. The van der Waals surface area contributed by atoms with Crippen LogP contribution >= 0.6 is 12.4 Å². The van der Waals surface area contributed by atoms with E-state index in [0.29, 0.717) is 30.8 Å². The van der Waals surface area contributed by atoms with Gasteiger partial charge in [-0.2, -0.15) is 9.57 Å². The van der Waals surface area contributed by atoms with Crippen LogP contribution in [0.3, 0.4) is 0 Å². The number of carbonyl (C=O) groups excluding carboxylic acids is 1. The van der Waals surface area contributed by atoms with E-state index < -0.39 is 10.0 Å². The Hall–Kier alpha value is -1.66. The molecule has 1 amide bonds. The lowest BCUT2D eigenvalue weighted by Gasteiger charge is -2.32. The van der Waals surface area contributed by atoms with Gasteiger partial charge >= 0.3 is 0 Å². The van der Waals surface area contributed by atoms with Crippen molar-refractivity contribution in [3.8, 4) is 6.07 Å². The number of hydrogen-bond acceptors (Lipinski definition) is 5. The third-order valence-corrected chi connectivity index (χ3v) is 7.37. The number of benzene rings is 1. The Morgan fingerprint density at radius 1 is 1.36 bits per heavy atom. The van der Waals surface area contributed by atoms with Gasteiger partial charge in [0.1, 0.15) is 0 Å². The molecule has 9 heteroatoms. The summed E-state index contributed by atoms with van der Waals surface area (Å²) in [4.78, 5) is 12.4. The topological polar surface area (TPSA) is 102 Å². The highest BCUT2D eigenvalue weighted by Crippen LogP contribution is 2.26. The van der Waals surface area contributed by atoms with Crippen LogP contribution in [0.2, 0.25) is 0 Å². The van der Waals surface area contributed by atoms with Crippen molar-refractivity contribution in [1.82, 2.24) is 14.9 Å². The maximum absolute atomic E-state index is 13.0. The molecule has 2 saturated heterocycles. The number of hydrogen-bond donors (Lipinski definition) is 2. The molecule has 2 atom stereocenters. The molecule has 2 N–H and O–H groups in total. The number of nitrogens with one attached hydrogen (secondary N) is 2. The van der Waals surface area contributed by atoms with Gasteiger partial charge in [-0.1, -0.05) is 0 Å². The molecule has 0 radical (unpaired) electrons. The highest BCUT2D eigenvalue weighted by atomic mass is 35.5. The monoisotopic (exact) mass is 426 g/mol. The van der Waals surface area contributed by atoms with Crippen molar-refractivity contribution >= 4 is 28.3 Å². The summed E-state index contributed by atoms with van der Waals surface area (Å²) in [5.74, 6) is 0.119. The van der Waals surface area contributed by atoms with Gasteiger partial charge < -0.3 is 10.6 Å². The van der Waals surface area contributed by atoms with Crippen LogP contribution in [0.15, 0.2) is 23.1 Å². The number of piperidine rings is 1. The van der Waals surface area contributed by atoms with E-state index in [1.807, 2.05) is 6.07 Å². The molecule has 1 aromatic carbocycles. The molecule has 0 saturated carbocycles.